The van der Waals surface area contributed by atoms with Crippen molar-refractivity contribution in [1.82, 2.24) is 0 Å². The number of esters is 1. The quantitative estimate of drug-likeness (QED) is 0.345. The van der Waals surface area contributed by atoms with E-state index in [2.05, 4.69) is 52.0 Å². The lowest BCUT2D eigenvalue weighted by molar-refractivity contribution is 0.0732. The van der Waals surface area contributed by atoms with Gasteiger partial charge in [0.15, 0.2) is 0 Å². The highest BCUT2D eigenvalue weighted by Crippen LogP contribution is 2.25. The molecule has 0 spiro atoms. The van der Waals surface area contributed by atoms with Crippen LogP contribution in [0, 0.1) is 0 Å². The van der Waals surface area contributed by atoms with Gasteiger partial charge in [-0.15, -0.1) is 0 Å². The lowest BCUT2D eigenvalue weighted by Gasteiger charge is -2.14. The minimum Gasteiger partial charge on any atom is -0.423 e. The first-order valence-corrected chi connectivity index (χ1v) is 10.6. The molecule has 2 aromatic rings. The number of hydrogen-bond acceptors (Lipinski definition) is 2. The van der Waals surface area contributed by atoms with Crippen LogP contribution in [0.3, 0.4) is 0 Å². The van der Waals surface area contributed by atoms with Crippen LogP contribution in [0.4, 0.5) is 0 Å². The topological polar surface area (TPSA) is 26.3 Å². The highest BCUT2D eigenvalue weighted by molar-refractivity contribution is 5.93. The zero-order valence-corrected chi connectivity index (χ0v) is 17.4. The Kier molecular flexibility index (Phi) is 8.57. The number of rotatable bonds is 10. The van der Waals surface area contributed by atoms with Crippen molar-refractivity contribution in [1.29, 1.82) is 0 Å². The van der Waals surface area contributed by atoms with E-state index in [4.69, 9.17) is 4.74 Å². The average Bonchev–Trinajstić information content (AvgIpc) is 2.65. The number of carbonyl (C=O) groups is 1. The number of hydrogen-bond donors (Lipinski definition) is 0. The molecular weight excluding hydrogens is 332 g/mol. The predicted molar refractivity (Wildman–Crippen MR) is 114 cm³/mol. The molecule has 0 amide bonds. The first kappa shape index (κ1) is 21.2. The van der Waals surface area contributed by atoms with E-state index >= 15 is 0 Å². The van der Waals surface area contributed by atoms with Gasteiger partial charge in [-0.05, 0) is 60.1 Å². The molecule has 0 fully saturated rings. The summed E-state index contributed by atoms with van der Waals surface area (Å²) >= 11 is 0. The number of aryl methyl sites for hydroxylation is 4. The maximum atomic E-state index is 12.9. The van der Waals surface area contributed by atoms with Crippen LogP contribution in [0.5, 0.6) is 5.75 Å². The molecule has 0 N–H and O–H groups in total. The summed E-state index contributed by atoms with van der Waals surface area (Å²) in [5.74, 6) is 0.476. The fourth-order valence-electron chi connectivity index (χ4n) is 3.56. The largest absolute Gasteiger partial charge is 0.423 e. The van der Waals surface area contributed by atoms with Gasteiger partial charge in [0.25, 0.3) is 0 Å². The van der Waals surface area contributed by atoms with Crippen molar-refractivity contribution in [2.24, 2.45) is 0 Å². The minimum atomic E-state index is -0.234. The van der Waals surface area contributed by atoms with Crippen molar-refractivity contribution < 1.29 is 9.53 Å². The summed E-state index contributed by atoms with van der Waals surface area (Å²) in [5, 5.41) is 0. The van der Waals surface area contributed by atoms with E-state index in [1.54, 1.807) is 0 Å². The standard InChI is InChI=1S/C25H34O2/c1-5-9-19-13-15-23(21(17-19)11-7-3)25(26)27-24-16-14-20(10-6-2)18-22(24)12-8-4/h13-18H,5-12H2,1-4H3. The van der Waals surface area contributed by atoms with Crippen LogP contribution in [0.1, 0.15) is 86.0 Å². The summed E-state index contributed by atoms with van der Waals surface area (Å²) in [5.41, 5.74) is 5.56. The summed E-state index contributed by atoms with van der Waals surface area (Å²) in [6.07, 6.45) is 8.22. The summed E-state index contributed by atoms with van der Waals surface area (Å²) in [4.78, 5) is 12.9. The molecule has 0 heterocycles. The number of ether oxygens (including phenoxy) is 1. The van der Waals surface area contributed by atoms with Gasteiger partial charge in [0.1, 0.15) is 5.75 Å². The van der Waals surface area contributed by atoms with E-state index in [1.807, 2.05) is 12.1 Å². The molecule has 0 aliphatic heterocycles. The molecule has 0 unspecified atom stereocenters. The van der Waals surface area contributed by atoms with E-state index < -0.39 is 0 Å². The van der Waals surface area contributed by atoms with Gasteiger partial charge < -0.3 is 4.74 Å². The van der Waals surface area contributed by atoms with Crippen molar-refractivity contribution in [3.8, 4) is 5.75 Å². The zero-order valence-electron chi connectivity index (χ0n) is 17.4. The lowest BCUT2D eigenvalue weighted by Crippen LogP contribution is -2.13. The summed E-state index contributed by atoms with van der Waals surface area (Å²) in [6.45, 7) is 8.67. The fraction of sp³-hybridized carbons (Fsp3) is 0.480. The van der Waals surface area contributed by atoms with Gasteiger partial charge in [0, 0.05) is 0 Å². The summed E-state index contributed by atoms with van der Waals surface area (Å²) in [7, 11) is 0. The molecule has 2 rings (SSSR count). The normalized spacial score (nSPS) is 10.8. The molecule has 0 aliphatic rings. The van der Waals surface area contributed by atoms with Crippen LogP contribution in [0.25, 0.3) is 0 Å². The van der Waals surface area contributed by atoms with Crippen molar-refractivity contribution in [3.63, 3.8) is 0 Å². The molecule has 146 valence electrons. The third-order valence-corrected chi connectivity index (χ3v) is 4.83. The monoisotopic (exact) mass is 366 g/mol. The highest BCUT2D eigenvalue weighted by Gasteiger charge is 2.16. The van der Waals surface area contributed by atoms with Crippen LogP contribution >= 0.6 is 0 Å². The second kappa shape index (κ2) is 10.9. The molecule has 0 saturated carbocycles. The Labute approximate surface area is 165 Å². The van der Waals surface area contributed by atoms with Gasteiger partial charge in [-0.2, -0.15) is 0 Å². The lowest BCUT2D eigenvalue weighted by atomic mass is 9.98. The Morgan fingerprint density at radius 1 is 0.704 bits per heavy atom. The van der Waals surface area contributed by atoms with Crippen molar-refractivity contribution >= 4 is 5.97 Å². The van der Waals surface area contributed by atoms with E-state index in [0.29, 0.717) is 11.3 Å². The molecule has 0 bridgehead atoms. The van der Waals surface area contributed by atoms with Crippen LogP contribution in [-0.4, -0.2) is 5.97 Å². The van der Waals surface area contributed by atoms with Crippen LogP contribution in [-0.2, 0) is 25.7 Å². The summed E-state index contributed by atoms with van der Waals surface area (Å²) in [6, 6.07) is 12.5. The molecule has 0 saturated heterocycles. The van der Waals surface area contributed by atoms with Gasteiger partial charge in [-0.3, -0.25) is 0 Å². The Bertz CT molecular complexity index is 746. The Morgan fingerprint density at radius 2 is 1.22 bits per heavy atom. The van der Waals surface area contributed by atoms with Gasteiger partial charge >= 0.3 is 5.97 Å². The molecule has 2 nitrogen and oxygen atoms in total. The van der Waals surface area contributed by atoms with E-state index in [9.17, 15) is 4.79 Å². The molecule has 0 aromatic heterocycles. The van der Waals surface area contributed by atoms with Gasteiger partial charge in [0.05, 0.1) is 5.56 Å². The second-order valence-corrected chi connectivity index (χ2v) is 7.32. The Morgan fingerprint density at radius 3 is 1.81 bits per heavy atom. The van der Waals surface area contributed by atoms with Gasteiger partial charge in [-0.1, -0.05) is 77.6 Å². The van der Waals surface area contributed by atoms with Crippen LogP contribution in [0.15, 0.2) is 36.4 Å². The molecular formula is C25H34O2. The SMILES string of the molecule is CCCc1ccc(OC(=O)c2ccc(CCC)cc2CCC)c(CCC)c1. The minimum absolute atomic E-state index is 0.234. The second-order valence-electron chi connectivity index (χ2n) is 7.32. The maximum absolute atomic E-state index is 12.9. The van der Waals surface area contributed by atoms with Crippen molar-refractivity contribution in [3.05, 3.63) is 64.2 Å². The molecule has 0 atom stereocenters. The third kappa shape index (κ3) is 5.95. The van der Waals surface area contributed by atoms with Gasteiger partial charge in [-0.25, -0.2) is 4.79 Å². The maximum Gasteiger partial charge on any atom is 0.343 e. The smallest absolute Gasteiger partial charge is 0.343 e. The number of carbonyl (C=O) groups excluding carboxylic acids is 1. The zero-order chi connectivity index (χ0) is 19.6. The molecule has 27 heavy (non-hydrogen) atoms. The highest BCUT2D eigenvalue weighted by atomic mass is 16.5. The fourth-order valence-corrected chi connectivity index (χ4v) is 3.56. The first-order valence-electron chi connectivity index (χ1n) is 10.6. The van der Waals surface area contributed by atoms with Gasteiger partial charge in [0.2, 0.25) is 0 Å². The third-order valence-electron chi connectivity index (χ3n) is 4.83. The van der Waals surface area contributed by atoms with Crippen LogP contribution in [0.2, 0.25) is 0 Å². The molecule has 0 aliphatic carbocycles. The predicted octanol–water partition coefficient (Wildman–Crippen LogP) is 6.72. The molecule has 0 radical (unpaired) electrons. The van der Waals surface area contributed by atoms with E-state index in [1.165, 1.54) is 11.1 Å². The van der Waals surface area contributed by atoms with Crippen molar-refractivity contribution in [2.75, 3.05) is 0 Å². The number of benzene rings is 2. The molecule has 2 heteroatoms. The Balaban J connectivity index is 2.28. The Hall–Kier alpha value is -2.09. The van der Waals surface area contributed by atoms with Crippen LogP contribution < -0.4 is 4.74 Å². The summed E-state index contributed by atoms with van der Waals surface area (Å²) < 4.78 is 5.87. The first-order chi connectivity index (χ1) is 13.1. The van der Waals surface area contributed by atoms with Crippen molar-refractivity contribution in [2.45, 2.75) is 79.1 Å². The van der Waals surface area contributed by atoms with E-state index in [-0.39, 0.29) is 5.97 Å². The average molecular weight is 367 g/mol. The molecule has 2 aromatic carbocycles. The van der Waals surface area contributed by atoms with E-state index in [0.717, 1.165) is 62.5 Å².